The van der Waals surface area contributed by atoms with E-state index >= 15 is 0 Å². The van der Waals surface area contributed by atoms with E-state index in [-0.39, 0.29) is 11.3 Å². The standard InChI is InChI=1S/C18H25N3O2/c1-11(2)10-21-7-5-12(6-8-21)16-9-15(22)13-3-4-14(19)17(20)18(13)23-16/h3-4,9,11-12H,5-8,10,19-20H2,1-2H3. The van der Waals surface area contributed by atoms with Gasteiger partial charge in [0.15, 0.2) is 11.0 Å². The van der Waals surface area contributed by atoms with Crippen molar-refractivity contribution in [3.8, 4) is 0 Å². The molecule has 5 nitrogen and oxygen atoms in total. The van der Waals surface area contributed by atoms with Gasteiger partial charge < -0.3 is 20.8 Å². The van der Waals surface area contributed by atoms with Crippen LogP contribution in [0.4, 0.5) is 11.4 Å². The molecule has 1 aliphatic heterocycles. The number of nitrogens with two attached hydrogens (primary N) is 2. The van der Waals surface area contributed by atoms with Gasteiger partial charge in [-0.25, -0.2) is 0 Å². The maximum atomic E-state index is 12.3. The fourth-order valence-corrected chi connectivity index (χ4v) is 3.39. The number of rotatable bonds is 3. The molecular weight excluding hydrogens is 290 g/mol. The fraction of sp³-hybridized carbons (Fsp3) is 0.500. The summed E-state index contributed by atoms with van der Waals surface area (Å²) in [4.78, 5) is 14.8. The monoisotopic (exact) mass is 315 g/mol. The maximum Gasteiger partial charge on any atom is 0.193 e. The first-order valence-corrected chi connectivity index (χ1v) is 8.29. The highest BCUT2D eigenvalue weighted by Crippen LogP contribution is 2.32. The first-order chi connectivity index (χ1) is 11.0. The van der Waals surface area contributed by atoms with Crippen LogP contribution in [-0.4, -0.2) is 24.5 Å². The van der Waals surface area contributed by atoms with Crippen LogP contribution >= 0.6 is 0 Å². The lowest BCUT2D eigenvalue weighted by molar-refractivity contribution is 0.184. The third-order valence-electron chi connectivity index (χ3n) is 4.60. The molecule has 0 spiro atoms. The summed E-state index contributed by atoms with van der Waals surface area (Å²) in [5, 5.41) is 0.498. The number of nitrogens with zero attached hydrogens (tertiary/aromatic N) is 1. The van der Waals surface area contributed by atoms with Crippen molar-refractivity contribution in [3.05, 3.63) is 34.2 Å². The molecule has 0 amide bonds. The van der Waals surface area contributed by atoms with Crippen molar-refractivity contribution in [3.63, 3.8) is 0 Å². The average Bonchev–Trinajstić information content (AvgIpc) is 2.51. The van der Waals surface area contributed by atoms with Gasteiger partial charge >= 0.3 is 0 Å². The van der Waals surface area contributed by atoms with Crippen molar-refractivity contribution >= 4 is 22.3 Å². The predicted octanol–water partition coefficient (Wildman–Crippen LogP) is 2.79. The molecule has 5 heteroatoms. The van der Waals surface area contributed by atoms with Gasteiger partial charge in [0.25, 0.3) is 0 Å². The molecule has 0 atom stereocenters. The van der Waals surface area contributed by atoms with Gasteiger partial charge in [-0.3, -0.25) is 4.79 Å². The smallest absolute Gasteiger partial charge is 0.193 e. The van der Waals surface area contributed by atoms with Crippen molar-refractivity contribution in [2.45, 2.75) is 32.6 Å². The minimum atomic E-state index is -0.0439. The van der Waals surface area contributed by atoms with Gasteiger partial charge in [0.1, 0.15) is 5.76 Å². The van der Waals surface area contributed by atoms with Crippen LogP contribution in [0.15, 0.2) is 27.4 Å². The van der Waals surface area contributed by atoms with E-state index in [9.17, 15) is 4.79 Å². The van der Waals surface area contributed by atoms with Crippen LogP contribution in [0.5, 0.6) is 0 Å². The van der Waals surface area contributed by atoms with Gasteiger partial charge in [0.05, 0.1) is 16.8 Å². The number of benzene rings is 1. The Morgan fingerprint density at radius 3 is 2.61 bits per heavy atom. The number of hydrogen-bond acceptors (Lipinski definition) is 5. The Hall–Kier alpha value is -2.01. The Balaban J connectivity index is 1.87. The van der Waals surface area contributed by atoms with Gasteiger partial charge in [-0.05, 0) is 44.0 Å². The quantitative estimate of drug-likeness (QED) is 0.851. The van der Waals surface area contributed by atoms with Gasteiger partial charge in [-0.15, -0.1) is 0 Å². The highest BCUT2D eigenvalue weighted by atomic mass is 16.3. The highest BCUT2D eigenvalue weighted by molar-refractivity contribution is 5.93. The summed E-state index contributed by atoms with van der Waals surface area (Å²) in [7, 11) is 0. The Labute approximate surface area is 136 Å². The minimum Gasteiger partial charge on any atom is -0.458 e. The summed E-state index contributed by atoms with van der Waals surface area (Å²) in [6, 6.07) is 4.96. The second-order valence-corrected chi connectivity index (χ2v) is 6.93. The third-order valence-corrected chi connectivity index (χ3v) is 4.60. The summed E-state index contributed by atoms with van der Waals surface area (Å²) < 4.78 is 5.99. The van der Waals surface area contributed by atoms with E-state index in [0.29, 0.717) is 28.3 Å². The summed E-state index contributed by atoms with van der Waals surface area (Å²) >= 11 is 0. The molecule has 0 unspecified atom stereocenters. The molecule has 0 bridgehead atoms. The molecule has 1 aromatic heterocycles. The molecule has 1 aromatic carbocycles. The fourth-order valence-electron chi connectivity index (χ4n) is 3.39. The molecule has 1 saturated heterocycles. The summed E-state index contributed by atoms with van der Waals surface area (Å²) in [5.74, 6) is 1.69. The molecule has 4 N–H and O–H groups in total. The minimum absolute atomic E-state index is 0.0439. The van der Waals surface area contributed by atoms with E-state index in [1.165, 1.54) is 0 Å². The highest BCUT2D eigenvalue weighted by Gasteiger charge is 2.24. The molecule has 3 rings (SSSR count). The number of fused-ring (bicyclic) bond motifs is 1. The first-order valence-electron chi connectivity index (χ1n) is 8.29. The molecule has 1 fully saturated rings. The summed E-state index contributed by atoms with van der Waals surface area (Å²) in [6.45, 7) is 7.68. The van der Waals surface area contributed by atoms with Crippen molar-refractivity contribution in [1.29, 1.82) is 0 Å². The van der Waals surface area contributed by atoms with E-state index in [4.69, 9.17) is 15.9 Å². The van der Waals surface area contributed by atoms with E-state index < -0.39 is 0 Å². The lowest BCUT2D eigenvalue weighted by Gasteiger charge is -2.32. The topological polar surface area (TPSA) is 85.5 Å². The second-order valence-electron chi connectivity index (χ2n) is 6.93. The Morgan fingerprint density at radius 2 is 1.96 bits per heavy atom. The zero-order chi connectivity index (χ0) is 16.6. The van der Waals surface area contributed by atoms with Gasteiger partial charge in [-0.2, -0.15) is 0 Å². The second kappa shape index (κ2) is 6.24. The van der Waals surface area contributed by atoms with Crippen LogP contribution in [0.3, 0.4) is 0 Å². The van der Waals surface area contributed by atoms with Crippen LogP contribution in [0, 0.1) is 5.92 Å². The van der Waals surface area contributed by atoms with E-state index in [1.807, 2.05) is 0 Å². The van der Waals surface area contributed by atoms with E-state index in [0.717, 1.165) is 38.2 Å². The Kier molecular flexibility index (Phi) is 4.31. The number of piperidine rings is 1. The van der Waals surface area contributed by atoms with E-state index in [1.54, 1.807) is 18.2 Å². The Bertz CT molecular complexity index is 759. The number of hydrogen-bond donors (Lipinski definition) is 2. The van der Waals surface area contributed by atoms with Gasteiger partial charge in [-0.1, -0.05) is 13.8 Å². The number of anilines is 2. The average molecular weight is 315 g/mol. The van der Waals surface area contributed by atoms with Gasteiger partial charge in [0.2, 0.25) is 0 Å². The normalized spacial score (nSPS) is 17.2. The summed E-state index contributed by atoms with van der Waals surface area (Å²) in [6.07, 6.45) is 2.01. The van der Waals surface area contributed by atoms with Gasteiger partial charge in [0, 0.05) is 18.5 Å². The van der Waals surface area contributed by atoms with Crippen LogP contribution in [-0.2, 0) is 0 Å². The number of nitrogen functional groups attached to an aromatic ring is 2. The van der Waals surface area contributed by atoms with Crippen molar-refractivity contribution in [1.82, 2.24) is 4.90 Å². The molecule has 2 heterocycles. The maximum absolute atomic E-state index is 12.3. The molecule has 2 aromatic rings. The molecule has 0 aliphatic carbocycles. The van der Waals surface area contributed by atoms with Crippen LogP contribution < -0.4 is 16.9 Å². The SMILES string of the molecule is CC(C)CN1CCC(c2cc(=O)c3ccc(N)c(N)c3o2)CC1. The first kappa shape index (κ1) is 15.9. The lowest BCUT2D eigenvalue weighted by atomic mass is 9.93. The molecule has 23 heavy (non-hydrogen) atoms. The van der Waals surface area contributed by atoms with Crippen molar-refractivity contribution in [2.75, 3.05) is 31.1 Å². The molecular formula is C18H25N3O2. The van der Waals surface area contributed by atoms with Crippen LogP contribution in [0.2, 0.25) is 0 Å². The third kappa shape index (κ3) is 3.20. The van der Waals surface area contributed by atoms with E-state index in [2.05, 4.69) is 18.7 Å². The van der Waals surface area contributed by atoms with Crippen LogP contribution in [0.25, 0.3) is 11.0 Å². The predicted molar refractivity (Wildman–Crippen MR) is 94.6 cm³/mol. The Morgan fingerprint density at radius 1 is 1.26 bits per heavy atom. The zero-order valence-corrected chi connectivity index (χ0v) is 13.8. The van der Waals surface area contributed by atoms with Crippen molar-refractivity contribution < 1.29 is 4.42 Å². The number of likely N-dealkylation sites (tertiary alicyclic amines) is 1. The van der Waals surface area contributed by atoms with Crippen molar-refractivity contribution in [2.24, 2.45) is 5.92 Å². The molecule has 1 aliphatic rings. The largest absolute Gasteiger partial charge is 0.458 e. The molecule has 124 valence electrons. The zero-order valence-electron chi connectivity index (χ0n) is 13.8. The molecule has 0 radical (unpaired) electrons. The molecule has 0 saturated carbocycles. The van der Waals surface area contributed by atoms with Crippen LogP contribution in [0.1, 0.15) is 38.4 Å². The summed E-state index contributed by atoms with van der Waals surface area (Å²) in [5.41, 5.74) is 13.0. The lowest BCUT2D eigenvalue weighted by Crippen LogP contribution is -2.35.